The molecule has 21 heavy (non-hydrogen) atoms. The first-order valence-electron chi connectivity index (χ1n) is 7.97. The van der Waals surface area contributed by atoms with Crippen LogP contribution in [0.3, 0.4) is 0 Å². The van der Waals surface area contributed by atoms with Gasteiger partial charge in [-0.05, 0) is 43.7 Å². The van der Waals surface area contributed by atoms with E-state index in [1.807, 2.05) is 17.0 Å². The minimum Gasteiger partial charge on any atom is -0.467 e. The summed E-state index contributed by atoms with van der Waals surface area (Å²) in [6, 6.07) is 4.01. The SMILES string of the molecule is CC(C)[C@@H](C)N(Cc1ccco1)C(=O)CC1CCOCC1. The van der Waals surface area contributed by atoms with Gasteiger partial charge in [-0.1, -0.05) is 13.8 Å². The lowest BCUT2D eigenvalue weighted by Crippen LogP contribution is -2.42. The van der Waals surface area contributed by atoms with Gasteiger partial charge in [0.2, 0.25) is 5.91 Å². The van der Waals surface area contributed by atoms with E-state index in [0.717, 1.165) is 31.8 Å². The summed E-state index contributed by atoms with van der Waals surface area (Å²) in [5, 5.41) is 0. The van der Waals surface area contributed by atoms with Crippen LogP contribution in [-0.4, -0.2) is 30.1 Å². The maximum Gasteiger partial charge on any atom is 0.223 e. The Kier molecular flexibility index (Phi) is 5.85. The molecule has 2 heterocycles. The molecule has 1 aliphatic heterocycles. The second kappa shape index (κ2) is 7.64. The van der Waals surface area contributed by atoms with Crippen LogP contribution >= 0.6 is 0 Å². The van der Waals surface area contributed by atoms with E-state index in [0.29, 0.717) is 24.8 Å². The van der Waals surface area contributed by atoms with Crippen molar-refractivity contribution in [1.82, 2.24) is 4.90 Å². The van der Waals surface area contributed by atoms with Crippen molar-refractivity contribution in [3.63, 3.8) is 0 Å². The summed E-state index contributed by atoms with van der Waals surface area (Å²) in [7, 11) is 0. The summed E-state index contributed by atoms with van der Waals surface area (Å²) in [6.45, 7) is 8.57. The van der Waals surface area contributed by atoms with Crippen molar-refractivity contribution in [2.75, 3.05) is 13.2 Å². The van der Waals surface area contributed by atoms with E-state index in [2.05, 4.69) is 20.8 Å². The monoisotopic (exact) mass is 293 g/mol. The first kappa shape index (κ1) is 16.1. The molecule has 2 rings (SSSR count). The Hall–Kier alpha value is -1.29. The van der Waals surface area contributed by atoms with Gasteiger partial charge in [-0.25, -0.2) is 0 Å². The van der Waals surface area contributed by atoms with Crippen molar-refractivity contribution in [1.29, 1.82) is 0 Å². The predicted octanol–water partition coefficient (Wildman–Crippen LogP) is 3.47. The van der Waals surface area contributed by atoms with E-state index in [1.165, 1.54) is 0 Å². The third-order valence-electron chi connectivity index (χ3n) is 4.49. The molecule has 118 valence electrons. The van der Waals surface area contributed by atoms with E-state index in [1.54, 1.807) is 6.26 Å². The number of ether oxygens (including phenoxy) is 1. The summed E-state index contributed by atoms with van der Waals surface area (Å²) in [4.78, 5) is 14.7. The molecule has 1 saturated heterocycles. The highest BCUT2D eigenvalue weighted by Crippen LogP contribution is 2.23. The Balaban J connectivity index is 2.00. The summed E-state index contributed by atoms with van der Waals surface area (Å²) in [6.07, 6.45) is 4.28. The van der Waals surface area contributed by atoms with Gasteiger partial charge in [0.25, 0.3) is 0 Å². The Morgan fingerprint density at radius 2 is 2.05 bits per heavy atom. The van der Waals surface area contributed by atoms with E-state index in [-0.39, 0.29) is 11.9 Å². The molecule has 4 heteroatoms. The number of nitrogens with zero attached hydrogens (tertiary/aromatic N) is 1. The van der Waals surface area contributed by atoms with Crippen LogP contribution < -0.4 is 0 Å². The second-order valence-corrected chi connectivity index (χ2v) is 6.35. The molecular weight excluding hydrogens is 266 g/mol. The van der Waals surface area contributed by atoms with Gasteiger partial charge < -0.3 is 14.1 Å². The maximum absolute atomic E-state index is 12.7. The van der Waals surface area contributed by atoms with Crippen LogP contribution in [0.2, 0.25) is 0 Å². The average molecular weight is 293 g/mol. The quantitative estimate of drug-likeness (QED) is 0.806. The number of carbonyl (C=O) groups excluding carboxylic acids is 1. The van der Waals surface area contributed by atoms with Crippen molar-refractivity contribution in [3.8, 4) is 0 Å². The molecule has 1 aromatic heterocycles. The van der Waals surface area contributed by atoms with Gasteiger partial charge in [-0.2, -0.15) is 0 Å². The highest BCUT2D eigenvalue weighted by Gasteiger charge is 2.26. The fourth-order valence-corrected chi connectivity index (χ4v) is 2.70. The first-order chi connectivity index (χ1) is 10.1. The van der Waals surface area contributed by atoms with Gasteiger partial charge in [0.15, 0.2) is 0 Å². The molecule has 4 nitrogen and oxygen atoms in total. The van der Waals surface area contributed by atoms with Gasteiger partial charge in [0.05, 0.1) is 12.8 Å². The molecule has 0 aliphatic carbocycles. The van der Waals surface area contributed by atoms with Crippen LogP contribution in [0.15, 0.2) is 22.8 Å². The van der Waals surface area contributed by atoms with Crippen molar-refractivity contribution in [2.24, 2.45) is 11.8 Å². The molecule has 0 spiro atoms. The first-order valence-corrected chi connectivity index (χ1v) is 7.97. The van der Waals surface area contributed by atoms with E-state index in [9.17, 15) is 4.79 Å². The van der Waals surface area contributed by atoms with Gasteiger partial charge in [0.1, 0.15) is 5.76 Å². The lowest BCUT2D eigenvalue weighted by Gasteiger charge is -2.33. The van der Waals surface area contributed by atoms with Crippen LogP contribution in [0.25, 0.3) is 0 Å². The Morgan fingerprint density at radius 1 is 1.33 bits per heavy atom. The lowest BCUT2D eigenvalue weighted by molar-refractivity contribution is -0.136. The van der Waals surface area contributed by atoms with E-state index in [4.69, 9.17) is 9.15 Å². The van der Waals surface area contributed by atoms with Crippen molar-refractivity contribution in [3.05, 3.63) is 24.2 Å². The molecule has 1 fully saturated rings. The average Bonchev–Trinajstić information content (AvgIpc) is 2.98. The molecule has 0 unspecified atom stereocenters. The highest BCUT2D eigenvalue weighted by molar-refractivity contribution is 5.76. The zero-order valence-corrected chi connectivity index (χ0v) is 13.4. The Labute approximate surface area is 127 Å². The molecule has 0 N–H and O–H groups in total. The number of carbonyl (C=O) groups is 1. The van der Waals surface area contributed by atoms with Crippen LogP contribution in [-0.2, 0) is 16.1 Å². The molecule has 1 aromatic rings. The van der Waals surface area contributed by atoms with Crippen molar-refractivity contribution >= 4 is 5.91 Å². The molecule has 1 atom stereocenters. The third-order valence-corrected chi connectivity index (χ3v) is 4.49. The van der Waals surface area contributed by atoms with Crippen LogP contribution in [0, 0.1) is 11.8 Å². The largest absolute Gasteiger partial charge is 0.467 e. The van der Waals surface area contributed by atoms with Gasteiger partial charge in [-0.15, -0.1) is 0 Å². The molecular formula is C17H27NO3. The number of hydrogen-bond acceptors (Lipinski definition) is 3. The summed E-state index contributed by atoms with van der Waals surface area (Å²) < 4.78 is 10.8. The summed E-state index contributed by atoms with van der Waals surface area (Å²) in [5.74, 6) is 1.98. The maximum atomic E-state index is 12.7. The van der Waals surface area contributed by atoms with E-state index < -0.39 is 0 Å². The normalized spacial score (nSPS) is 17.9. The molecule has 0 saturated carbocycles. The smallest absolute Gasteiger partial charge is 0.223 e. The number of rotatable bonds is 6. The molecule has 1 aliphatic rings. The minimum atomic E-state index is 0.211. The standard InChI is InChI=1S/C17H27NO3/c1-13(2)14(3)18(12-16-5-4-8-21-16)17(19)11-15-6-9-20-10-7-15/h4-5,8,13-15H,6-7,9-12H2,1-3H3/t14-/m1/s1. The van der Waals surface area contributed by atoms with Crippen LogP contribution in [0.1, 0.15) is 45.8 Å². The molecule has 0 bridgehead atoms. The minimum absolute atomic E-state index is 0.211. The van der Waals surface area contributed by atoms with Gasteiger partial charge in [-0.3, -0.25) is 4.79 Å². The fourth-order valence-electron chi connectivity index (χ4n) is 2.70. The Morgan fingerprint density at radius 3 is 2.62 bits per heavy atom. The molecule has 0 aromatic carbocycles. The fraction of sp³-hybridized carbons (Fsp3) is 0.706. The van der Waals surface area contributed by atoms with Gasteiger partial charge in [0, 0.05) is 25.7 Å². The number of hydrogen-bond donors (Lipinski definition) is 0. The lowest BCUT2D eigenvalue weighted by atomic mass is 9.95. The van der Waals surface area contributed by atoms with Crippen molar-refractivity contribution < 1.29 is 13.9 Å². The van der Waals surface area contributed by atoms with E-state index >= 15 is 0 Å². The zero-order valence-electron chi connectivity index (χ0n) is 13.4. The predicted molar refractivity (Wildman–Crippen MR) is 81.7 cm³/mol. The highest BCUT2D eigenvalue weighted by atomic mass is 16.5. The number of furan rings is 1. The van der Waals surface area contributed by atoms with Crippen molar-refractivity contribution in [2.45, 2.75) is 52.6 Å². The van der Waals surface area contributed by atoms with Crippen LogP contribution in [0.4, 0.5) is 0 Å². The third kappa shape index (κ3) is 4.60. The Bertz CT molecular complexity index is 421. The summed E-state index contributed by atoms with van der Waals surface area (Å²) in [5.41, 5.74) is 0. The molecule has 1 amide bonds. The zero-order chi connectivity index (χ0) is 15.2. The molecule has 0 radical (unpaired) electrons. The second-order valence-electron chi connectivity index (χ2n) is 6.35. The topological polar surface area (TPSA) is 42.7 Å². The number of amides is 1. The van der Waals surface area contributed by atoms with Crippen LogP contribution in [0.5, 0.6) is 0 Å². The summed E-state index contributed by atoms with van der Waals surface area (Å²) >= 11 is 0. The van der Waals surface area contributed by atoms with Gasteiger partial charge >= 0.3 is 0 Å².